The molecule has 0 bridgehead atoms. The van der Waals surface area contributed by atoms with Gasteiger partial charge in [0.1, 0.15) is 6.10 Å². The number of rotatable bonds is 4. The number of nitrogens with one attached hydrogen (secondary N) is 2. The van der Waals surface area contributed by atoms with Crippen LogP contribution in [0.2, 0.25) is 0 Å². The molecular weight excluding hydrogens is 306 g/mol. The van der Waals surface area contributed by atoms with Gasteiger partial charge in [-0.15, -0.1) is 0 Å². The van der Waals surface area contributed by atoms with Gasteiger partial charge in [-0.05, 0) is 37.8 Å². The molecule has 3 rings (SSSR count). The van der Waals surface area contributed by atoms with Crippen molar-refractivity contribution >= 4 is 11.8 Å². The Morgan fingerprint density at radius 1 is 1.08 bits per heavy atom. The van der Waals surface area contributed by atoms with Crippen molar-refractivity contribution in [2.45, 2.75) is 38.3 Å². The van der Waals surface area contributed by atoms with Crippen molar-refractivity contribution in [3.8, 4) is 0 Å². The number of hydrogen-bond acceptors (Lipinski definition) is 4. The van der Waals surface area contributed by atoms with Gasteiger partial charge in [-0.1, -0.05) is 30.3 Å². The van der Waals surface area contributed by atoms with E-state index >= 15 is 0 Å². The van der Waals surface area contributed by atoms with Gasteiger partial charge in [-0.25, -0.2) is 0 Å². The zero-order valence-electron chi connectivity index (χ0n) is 13.9. The normalized spacial score (nSPS) is 24.5. The number of carbonyl (C=O) groups is 2. The van der Waals surface area contributed by atoms with E-state index in [0.29, 0.717) is 6.61 Å². The second-order valence-corrected chi connectivity index (χ2v) is 6.54. The Bertz CT molecular complexity index is 558. The van der Waals surface area contributed by atoms with E-state index in [2.05, 4.69) is 27.9 Å². The van der Waals surface area contributed by atoms with Gasteiger partial charge in [0.15, 0.2) is 0 Å². The largest absolute Gasteiger partial charge is 0.368 e. The molecule has 130 valence electrons. The van der Waals surface area contributed by atoms with Gasteiger partial charge in [0.25, 0.3) is 5.91 Å². The Labute approximate surface area is 142 Å². The summed E-state index contributed by atoms with van der Waals surface area (Å²) in [6.45, 7) is 3.19. The van der Waals surface area contributed by atoms with E-state index in [1.807, 2.05) is 18.2 Å². The van der Waals surface area contributed by atoms with Crippen LogP contribution >= 0.6 is 0 Å². The fourth-order valence-corrected chi connectivity index (χ4v) is 3.34. The SMILES string of the molecule is O=C(NNC(=O)C1CCCO1)C1CCCN(Cc2ccccc2)C1. The first-order chi connectivity index (χ1) is 11.7. The maximum absolute atomic E-state index is 12.3. The monoisotopic (exact) mass is 331 g/mol. The van der Waals surface area contributed by atoms with Crippen LogP contribution in [0.4, 0.5) is 0 Å². The summed E-state index contributed by atoms with van der Waals surface area (Å²) in [7, 11) is 0. The first-order valence-electron chi connectivity index (χ1n) is 8.70. The first-order valence-corrected chi connectivity index (χ1v) is 8.70. The minimum absolute atomic E-state index is 0.0905. The third-order valence-electron chi connectivity index (χ3n) is 4.66. The van der Waals surface area contributed by atoms with Crippen LogP contribution in [0.15, 0.2) is 30.3 Å². The van der Waals surface area contributed by atoms with Crippen LogP contribution in [-0.4, -0.2) is 42.5 Å². The van der Waals surface area contributed by atoms with E-state index in [1.54, 1.807) is 0 Å². The molecule has 2 fully saturated rings. The molecule has 6 nitrogen and oxygen atoms in total. The number of amides is 2. The molecule has 1 aromatic carbocycles. The number of hydrazine groups is 1. The Morgan fingerprint density at radius 3 is 2.62 bits per heavy atom. The van der Waals surface area contributed by atoms with Gasteiger partial charge in [0.05, 0.1) is 5.92 Å². The number of carbonyl (C=O) groups excluding carboxylic acids is 2. The zero-order chi connectivity index (χ0) is 16.8. The minimum Gasteiger partial charge on any atom is -0.368 e. The quantitative estimate of drug-likeness (QED) is 0.814. The third kappa shape index (κ3) is 4.55. The van der Waals surface area contributed by atoms with Crippen molar-refractivity contribution in [1.82, 2.24) is 15.8 Å². The second-order valence-electron chi connectivity index (χ2n) is 6.54. The Kier molecular flexibility index (Phi) is 5.82. The van der Waals surface area contributed by atoms with Crippen molar-refractivity contribution in [3.63, 3.8) is 0 Å². The lowest BCUT2D eigenvalue weighted by molar-refractivity contribution is -0.136. The molecule has 24 heavy (non-hydrogen) atoms. The predicted molar refractivity (Wildman–Crippen MR) is 89.7 cm³/mol. The van der Waals surface area contributed by atoms with Gasteiger partial charge in [-0.3, -0.25) is 25.3 Å². The molecule has 2 aliphatic heterocycles. The molecule has 0 saturated carbocycles. The summed E-state index contributed by atoms with van der Waals surface area (Å²) in [6, 6.07) is 10.3. The Morgan fingerprint density at radius 2 is 1.88 bits per heavy atom. The van der Waals surface area contributed by atoms with E-state index in [-0.39, 0.29) is 17.7 Å². The van der Waals surface area contributed by atoms with Crippen LogP contribution < -0.4 is 10.9 Å². The molecule has 1 aromatic rings. The molecule has 0 radical (unpaired) electrons. The highest BCUT2D eigenvalue weighted by Gasteiger charge is 2.28. The molecule has 2 N–H and O–H groups in total. The van der Waals surface area contributed by atoms with Crippen molar-refractivity contribution in [3.05, 3.63) is 35.9 Å². The molecule has 0 aromatic heterocycles. The zero-order valence-corrected chi connectivity index (χ0v) is 13.9. The fraction of sp³-hybridized carbons (Fsp3) is 0.556. The number of ether oxygens (including phenoxy) is 1. The summed E-state index contributed by atoms with van der Waals surface area (Å²) in [4.78, 5) is 26.5. The molecule has 0 aliphatic carbocycles. The number of piperidine rings is 1. The molecule has 2 amide bonds. The highest BCUT2D eigenvalue weighted by atomic mass is 16.5. The summed E-state index contributed by atoms with van der Waals surface area (Å²) in [5.74, 6) is -0.454. The smallest absolute Gasteiger partial charge is 0.267 e. The summed E-state index contributed by atoms with van der Waals surface area (Å²) in [5.41, 5.74) is 6.33. The van der Waals surface area contributed by atoms with E-state index in [4.69, 9.17) is 4.74 Å². The van der Waals surface area contributed by atoms with Gasteiger partial charge in [0.2, 0.25) is 5.91 Å². The van der Waals surface area contributed by atoms with Gasteiger partial charge in [0, 0.05) is 19.7 Å². The van der Waals surface area contributed by atoms with Crippen LogP contribution in [0.3, 0.4) is 0 Å². The third-order valence-corrected chi connectivity index (χ3v) is 4.66. The van der Waals surface area contributed by atoms with Crippen LogP contribution in [0.25, 0.3) is 0 Å². The topological polar surface area (TPSA) is 70.7 Å². The van der Waals surface area contributed by atoms with Crippen LogP contribution in [0.1, 0.15) is 31.2 Å². The lowest BCUT2D eigenvalue weighted by Crippen LogP contribution is -2.51. The summed E-state index contributed by atoms with van der Waals surface area (Å²) in [6.07, 6.45) is 3.03. The number of hydrogen-bond donors (Lipinski definition) is 2. The molecule has 2 atom stereocenters. The van der Waals surface area contributed by atoms with E-state index < -0.39 is 6.10 Å². The second kappa shape index (κ2) is 8.26. The van der Waals surface area contributed by atoms with E-state index in [1.165, 1.54) is 5.56 Å². The Balaban J connectivity index is 1.45. The van der Waals surface area contributed by atoms with Crippen molar-refractivity contribution in [2.75, 3.05) is 19.7 Å². The fourth-order valence-electron chi connectivity index (χ4n) is 3.34. The highest BCUT2D eigenvalue weighted by Crippen LogP contribution is 2.18. The van der Waals surface area contributed by atoms with E-state index in [9.17, 15) is 9.59 Å². The number of likely N-dealkylation sites (tertiary alicyclic amines) is 1. The van der Waals surface area contributed by atoms with Crippen molar-refractivity contribution < 1.29 is 14.3 Å². The van der Waals surface area contributed by atoms with Crippen LogP contribution in [0.5, 0.6) is 0 Å². The molecule has 2 unspecified atom stereocenters. The van der Waals surface area contributed by atoms with Crippen LogP contribution in [-0.2, 0) is 20.9 Å². The van der Waals surface area contributed by atoms with Crippen molar-refractivity contribution in [2.24, 2.45) is 5.92 Å². The number of benzene rings is 1. The highest BCUT2D eigenvalue weighted by molar-refractivity contribution is 5.85. The number of nitrogens with zero attached hydrogens (tertiary/aromatic N) is 1. The molecule has 2 heterocycles. The van der Waals surface area contributed by atoms with E-state index in [0.717, 1.165) is 45.3 Å². The molecular formula is C18H25N3O3. The van der Waals surface area contributed by atoms with Gasteiger partial charge >= 0.3 is 0 Å². The average Bonchev–Trinajstić information content (AvgIpc) is 3.15. The summed E-state index contributed by atoms with van der Waals surface area (Å²) >= 11 is 0. The molecule has 0 spiro atoms. The molecule has 2 aliphatic rings. The maximum atomic E-state index is 12.3. The van der Waals surface area contributed by atoms with Gasteiger partial charge < -0.3 is 4.74 Å². The van der Waals surface area contributed by atoms with Gasteiger partial charge in [-0.2, -0.15) is 0 Å². The molecule has 2 saturated heterocycles. The lowest BCUT2D eigenvalue weighted by atomic mass is 9.97. The standard InChI is InChI=1S/C18H25N3O3/c22-17(19-20-18(23)16-9-5-11-24-16)15-8-4-10-21(13-15)12-14-6-2-1-3-7-14/h1-3,6-7,15-16H,4-5,8-13H2,(H,19,22)(H,20,23). The Hall–Kier alpha value is -1.92. The van der Waals surface area contributed by atoms with Crippen molar-refractivity contribution in [1.29, 1.82) is 0 Å². The van der Waals surface area contributed by atoms with Crippen LogP contribution in [0, 0.1) is 5.92 Å². The maximum Gasteiger partial charge on any atom is 0.267 e. The predicted octanol–water partition coefficient (Wildman–Crippen LogP) is 1.22. The first kappa shape index (κ1) is 16.9. The molecule has 6 heteroatoms. The summed E-state index contributed by atoms with van der Waals surface area (Å²) < 4.78 is 5.30. The average molecular weight is 331 g/mol. The lowest BCUT2D eigenvalue weighted by Gasteiger charge is -2.32. The minimum atomic E-state index is -0.425. The summed E-state index contributed by atoms with van der Waals surface area (Å²) in [5, 5.41) is 0.